The molecule has 116 valence electrons. The van der Waals surface area contributed by atoms with Gasteiger partial charge in [0, 0.05) is 17.5 Å². The Bertz CT molecular complexity index is 450. The van der Waals surface area contributed by atoms with Gasteiger partial charge in [-0.05, 0) is 25.3 Å². The second-order valence-corrected chi connectivity index (χ2v) is 6.29. The third kappa shape index (κ3) is 4.22. The van der Waals surface area contributed by atoms with Crippen molar-refractivity contribution in [3.05, 3.63) is 35.9 Å². The highest BCUT2D eigenvalue weighted by atomic mass is 32.2. The number of hydrogen-bond donors (Lipinski definition) is 2. The van der Waals surface area contributed by atoms with E-state index in [9.17, 15) is 4.79 Å². The average molecular weight is 309 g/mol. The topological polar surface area (TPSA) is 58.6 Å². The second-order valence-electron chi connectivity index (χ2n) is 5.19. The van der Waals surface area contributed by atoms with Gasteiger partial charge in [-0.2, -0.15) is 11.8 Å². The van der Waals surface area contributed by atoms with Crippen LogP contribution in [0.25, 0.3) is 0 Å². The van der Waals surface area contributed by atoms with E-state index in [1.54, 1.807) is 11.8 Å². The molecule has 5 heteroatoms. The van der Waals surface area contributed by atoms with Crippen LogP contribution in [-0.4, -0.2) is 41.8 Å². The highest BCUT2D eigenvalue weighted by molar-refractivity contribution is 7.99. The smallest absolute Gasteiger partial charge is 0.331 e. The van der Waals surface area contributed by atoms with Crippen molar-refractivity contribution < 1.29 is 14.6 Å². The van der Waals surface area contributed by atoms with Crippen molar-refractivity contribution in [3.63, 3.8) is 0 Å². The Labute approximate surface area is 130 Å². The largest absolute Gasteiger partial charge is 0.464 e. The van der Waals surface area contributed by atoms with E-state index in [0.717, 1.165) is 18.4 Å². The van der Waals surface area contributed by atoms with E-state index in [4.69, 9.17) is 9.84 Å². The molecule has 0 radical (unpaired) electrons. The quantitative estimate of drug-likeness (QED) is 0.539. The maximum atomic E-state index is 12.7. The molecule has 1 saturated carbocycles. The van der Waals surface area contributed by atoms with E-state index in [-0.39, 0.29) is 12.6 Å². The fourth-order valence-electron chi connectivity index (χ4n) is 2.29. The van der Waals surface area contributed by atoms with Crippen molar-refractivity contribution in [3.8, 4) is 0 Å². The van der Waals surface area contributed by atoms with E-state index in [1.165, 1.54) is 0 Å². The first-order chi connectivity index (χ1) is 10.2. The summed E-state index contributed by atoms with van der Waals surface area (Å²) in [7, 11) is 0. The Balaban J connectivity index is 2.28. The maximum absolute atomic E-state index is 12.7. The van der Waals surface area contributed by atoms with Crippen LogP contribution in [0.2, 0.25) is 0 Å². The van der Waals surface area contributed by atoms with Crippen LogP contribution in [0.5, 0.6) is 0 Å². The number of hydrogen-bond acceptors (Lipinski definition) is 5. The number of carbonyl (C=O) groups excluding carboxylic acids is 1. The zero-order valence-electron chi connectivity index (χ0n) is 12.4. The molecule has 2 N–H and O–H groups in total. The van der Waals surface area contributed by atoms with Crippen LogP contribution < -0.4 is 5.32 Å². The van der Waals surface area contributed by atoms with Crippen LogP contribution in [0.4, 0.5) is 0 Å². The van der Waals surface area contributed by atoms with Crippen molar-refractivity contribution in [1.82, 2.24) is 5.32 Å². The van der Waals surface area contributed by atoms with Gasteiger partial charge >= 0.3 is 5.97 Å². The van der Waals surface area contributed by atoms with Crippen LogP contribution in [0.15, 0.2) is 30.3 Å². The monoisotopic (exact) mass is 309 g/mol. The van der Waals surface area contributed by atoms with E-state index in [0.29, 0.717) is 24.2 Å². The number of carbonyl (C=O) groups is 1. The number of rotatable bonds is 9. The molecule has 1 atom stereocenters. The molecular formula is C16H23NO3S. The highest BCUT2D eigenvalue weighted by Crippen LogP contribution is 2.32. The third-order valence-electron chi connectivity index (χ3n) is 3.47. The number of nitrogens with one attached hydrogen (secondary N) is 1. The molecule has 1 aromatic carbocycles. The van der Waals surface area contributed by atoms with E-state index < -0.39 is 5.54 Å². The van der Waals surface area contributed by atoms with Gasteiger partial charge in [-0.1, -0.05) is 30.3 Å². The molecule has 0 aromatic heterocycles. The molecule has 4 nitrogen and oxygen atoms in total. The van der Waals surface area contributed by atoms with Crippen LogP contribution >= 0.6 is 11.8 Å². The number of esters is 1. The molecule has 21 heavy (non-hydrogen) atoms. The van der Waals surface area contributed by atoms with Crippen molar-refractivity contribution >= 4 is 17.7 Å². The van der Waals surface area contributed by atoms with Gasteiger partial charge in [-0.3, -0.25) is 5.32 Å². The lowest BCUT2D eigenvalue weighted by Gasteiger charge is -2.33. The van der Waals surface area contributed by atoms with Crippen LogP contribution in [0, 0.1) is 0 Å². The first-order valence-corrected chi connectivity index (χ1v) is 8.57. The van der Waals surface area contributed by atoms with Gasteiger partial charge in [0.05, 0.1) is 13.2 Å². The molecule has 1 unspecified atom stereocenters. The van der Waals surface area contributed by atoms with Crippen LogP contribution in [0.1, 0.15) is 25.3 Å². The molecule has 0 spiro atoms. The Morgan fingerprint density at radius 2 is 2.14 bits per heavy atom. The third-order valence-corrected chi connectivity index (χ3v) is 4.58. The Kier molecular flexibility index (Phi) is 6.08. The average Bonchev–Trinajstić information content (AvgIpc) is 3.31. The molecule has 1 aliphatic rings. The number of thioether (sulfide) groups is 1. The van der Waals surface area contributed by atoms with Gasteiger partial charge in [0.15, 0.2) is 5.54 Å². The van der Waals surface area contributed by atoms with Gasteiger partial charge in [0.25, 0.3) is 0 Å². The summed E-state index contributed by atoms with van der Waals surface area (Å²) in [6, 6.07) is 10.1. The van der Waals surface area contributed by atoms with Crippen LogP contribution in [0.3, 0.4) is 0 Å². The molecule has 2 rings (SSSR count). The minimum absolute atomic E-state index is 0.113. The van der Waals surface area contributed by atoms with E-state index in [1.807, 2.05) is 37.3 Å². The number of aliphatic hydroxyl groups is 1. The van der Waals surface area contributed by atoms with E-state index in [2.05, 4.69) is 5.32 Å². The molecule has 1 aromatic rings. The summed E-state index contributed by atoms with van der Waals surface area (Å²) >= 11 is 1.57. The van der Waals surface area contributed by atoms with Gasteiger partial charge < -0.3 is 9.84 Å². The lowest BCUT2D eigenvalue weighted by molar-refractivity contribution is -0.150. The summed E-state index contributed by atoms with van der Waals surface area (Å²) in [4.78, 5) is 12.7. The highest BCUT2D eigenvalue weighted by Gasteiger charge is 2.45. The molecule has 0 amide bonds. The van der Waals surface area contributed by atoms with Gasteiger partial charge in [-0.25, -0.2) is 4.79 Å². The summed E-state index contributed by atoms with van der Waals surface area (Å²) in [5, 5.41) is 12.5. The second kappa shape index (κ2) is 7.82. The number of aliphatic hydroxyl groups excluding tert-OH is 1. The van der Waals surface area contributed by atoms with Crippen molar-refractivity contribution in [2.75, 3.05) is 24.7 Å². The van der Waals surface area contributed by atoms with Gasteiger partial charge in [0.1, 0.15) is 0 Å². The van der Waals surface area contributed by atoms with Gasteiger partial charge in [-0.15, -0.1) is 0 Å². The molecular weight excluding hydrogens is 286 g/mol. The molecule has 0 heterocycles. The van der Waals surface area contributed by atoms with Crippen molar-refractivity contribution in [2.24, 2.45) is 0 Å². The lowest BCUT2D eigenvalue weighted by Crippen LogP contribution is -2.53. The normalized spacial score (nSPS) is 17.2. The summed E-state index contributed by atoms with van der Waals surface area (Å²) in [6.45, 7) is 2.30. The maximum Gasteiger partial charge on any atom is 0.331 e. The lowest BCUT2D eigenvalue weighted by atomic mass is 9.91. The summed E-state index contributed by atoms with van der Waals surface area (Å²) < 4.78 is 5.34. The first kappa shape index (κ1) is 16.3. The Morgan fingerprint density at radius 1 is 1.43 bits per heavy atom. The number of benzene rings is 1. The predicted molar refractivity (Wildman–Crippen MR) is 85.3 cm³/mol. The van der Waals surface area contributed by atoms with Crippen LogP contribution in [-0.2, 0) is 15.1 Å². The minimum Gasteiger partial charge on any atom is -0.464 e. The molecule has 0 bridgehead atoms. The van der Waals surface area contributed by atoms with Crippen molar-refractivity contribution in [1.29, 1.82) is 0 Å². The van der Waals surface area contributed by atoms with Gasteiger partial charge in [0.2, 0.25) is 0 Å². The summed E-state index contributed by atoms with van der Waals surface area (Å²) in [5.41, 5.74) is 0.110. The fraction of sp³-hybridized carbons (Fsp3) is 0.562. The summed E-state index contributed by atoms with van der Waals surface area (Å²) in [5.74, 6) is 0.946. The Morgan fingerprint density at radius 3 is 2.71 bits per heavy atom. The molecule has 0 aliphatic heterocycles. The Hall–Kier alpha value is -1.04. The molecule has 1 aliphatic carbocycles. The zero-order valence-corrected chi connectivity index (χ0v) is 13.2. The SMILES string of the molecule is CCOC(=O)C(CSCCO)(NC1CC1)c1ccccc1. The number of ether oxygens (including phenoxy) is 1. The van der Waals surface area contributed by atoms with Crippen molar-refractivity contribution in [2.45, 2.75) is 31.3 Å². The predicted octanol–water partition coefficient (Wildman–Crippen LogP) is 1.92. The molecule has 1 fully saturated rings. The standard InChI is InChI=1S/C16H23NO3S/c1-2-20-15(19)16(12-21-11-10-18,17-14-8-9-14)13-6-4-3-5-7-13/h3-7,14,17-18H,2,8-12H2,1H3. The van der Waals surface area contributed by atoms with E-state index >= 15 is 0 Å². The molecule has 0 saturated heterocycles. The minimum atomic E-state index is -0.821. The zero-order chi connectivity index (χ0) is 15.1. The first-order valence-electron chi connectivity index (χ1n) is 7.42. The summed E-state index contributed by atoms with van der Waals surface area (Å²) in [6.07, 6.45) is 2.19. The fourth-order valence-corrected chi connectivity index (χ4v) is 3.23.